The highest BCUT2D eigenvalue weighted by atomic mass is 32.1. The van der Waals surface area contributed by atoms with Crippen molar-refractivity contribution in [2.24, 2.45) is 0 Å². The van der Waals surface area contributed by atoms with Crippen molar-refractivity contribution >= 4 is 33.4 Å². The number of imidazole rings is 1. The normalized spacial score (nSPS) is 11.4. The molecule has 0 amide bonds. The number of aromatic nitrogens is 7. The molecule has 0 saturated carbocycles. The highest BCUT2D eigenvalue weighted by Crippen LogP contribution is 2.32. The van der Waals surface area contributed by atoms with Crippen LogP contribution in [0.5, 0.6) is 5.75 Å². The van der Waals surface area contributed by atoms with E-state index in [0.717, 1.165) is 43.9 Å². The summed E-state index contributed by atoms with van der Waals surface area (Å²) in [5.41, 5.74) is 6.41. The smallest absolute Gasteiger partial charge is 0.161 e. The van der Waals surface area contributed by atoms with Crippen LogP contribution in [0.2, 0.25) is 0 Å². The van der Waals surface area contributed by atoms with Gasteiger partial charge in [0.05, 0.1) is 34.9 Å². The van der Waals surface area contributed by atoms with Gasteiger partial charge in [-0.3, -0.25) is 15.1 Å². The summed E-state index contributed by atoms with van der Waals surface area (Å²) in [4.78, 5) is 22.9. The average Bonchev–Trinajstić information content (AvgIpc) is 3.57. The fourth-order valence-electron chi connectivity index (χ4n) is 3.54. The van der Waals surface area contributed by atoms with Crippen LogP contribution >= 0.6 is 11.3 Å². The van der Waals surface area contributed by atoms with Crippen LogP contribution < -0.4 is 4.74 Å². The molecule has 0 aliphatic heterocycles. The van der Waals surface area contributed by atoms with Crippen molar-refractivity contribution in [3.05, 3.63) is 60.4 Å². The van der Waals surface area contributed by atoms with E-state index < -0.39 is 0 Å². The van der Waals surface area contributed by atoms with Crippen LogP contribution in [0, 0.1) is 0 Å². The van der Waals surface area contributed by atoms with Crippen LogP contribution in [-0.2, 0) is 0 Å². The second-order valence-electron chi connectivity index (χ2n) is 6.90. The summed E-state index contributed by atoms with van der Waals surface area (Å²) in [6.07, 6.45) is 5.21. The van der Waals surface area contributed by atoms with Crippen LogP contribution in [-0.4, -0.2) is 42.2 Å². The predicted molar refractivity (Wildman–Crippen MR) is 120 cm³/mol. The summed E-state index contributed by atoms with van der Waals surface area (Å²) in [5, 5.41) is 9.56. The number of nitrogens with zero attached hydrogens (tertiary/aromatic N) is 5. The van der Waals surface area contributed by atoms with Crippen molar-refractivity contribution in [1.82, 2.24) is 35.1 Å². The van der Waals surface area contributed by atoms with Gasteiger partial charge in [0, 0.05) is 18.0 Å². The summed E-state index contributed by atoms with van der Waals surface area (Å²) in [5.74, 6) is 1.32. The number of hydrogen-bond donors (Lipinski definition) is 2. The number of fused-ring (bicyclic) bond motifs is 2. The van der Waals surface area contributed by atoms with Crippen molar-refractivity contribution in [3.63, 3.8) is 0 Å². The van der Waals surface area contributed by atoms with Crippen molar-refractivity contribution in [3.8, 4) is 39.1 Å². The molecule has 31 heavy (non-hydrogen) atoms. The molecule has 6 aromatic rings. The van der Waals surface area contributed by atoms with Gasteiger partial charge < -0.3 is 9.72 Å². The van der Waals surface area contributed by atoms with Crippen LogP contribution in [0.1, 0.15) is 0 Å². The Labute approximate surface area is 180 Å². The first kappa shape index (κ1) is 17.7. The Kier molecular flexibility index (Phi) is 4.00. The van der Waals surface area contributed by atoms with E-state index in [1.54, 1.807) is 37.0 Å². The highest BCUT2D eigenvalue weighted by Gasteiger charge is 2.17. The largest absolute Gasteiger partial charge is 0.495 e. The number of methoxy groups -OCH3 is 1. The Bertz CT molecular complexity index is 1530. The molecule has 9 heteroatoms. The first-order chi connectivity index (χ1) is 15.3. The molecule has 0 aromatic carbocycles. The summed E-state index contributed by atoms with van der Waals surface area (Å²) in [7, 11) is 1.62. The Balaban J connectivity index is 1.50. The molecule has 8 nitrogen and oxygen atoms in total. The van der Waals surface area contributed by atoms with Gasteiger partial charge in [-0.05, 0) is 35.7 Å². The maximum Gasteiger partial charge on any atom is 0.161 e. The SMILES string of the molecule is COc1cncc(-c2ccc3[nH]nc(-c4nc5c(-c6cccs6)nccc5[nH]4)c3n2)c1. The van der Waals surface area contributed by atoms with Gasteiger partial charge in [0.25, 0.3) is 0 Å². The minimum absolute atomic E-state index is 0.639. The minimum Gasteiger partial charge on any atom is -0.495 e. The van der Waals surface area contributed by atoms with Crippen molar-refractivity contribution < 1.29 is 4.74 Å². The molecule has 6 rings (SSSR count). The third-order valence-corrected chi connectivity index (χ3v) is 5.91. The molecule has 150 valence electrons. The van der Waals surface area contributed by atoms with Crippen LogP contribution in [0.25, 0.3) is 55.4 Å². The molecule has 0 saturated heterocycles. The number of pyridine rings is 3. The first-order valence-electron chi connectivity index (χ1n) is 9.53. The maximum absolute atomic E-state index is 5.29. The lowest BCUT2D eigenvalue weighted by Crippen LogP contribution is -1.89. The zero-order chi connectivity index (χ0) is 20.8. The molecule has 0 atom stereocenters. The molecule has 0 spiro atoms. The third-order valence-electron chi connectivity index (χ3n) is 5.03. The van der Waals surface area contributed by atoms with Crippen LogP contribution in [0.3, 0.4) is 0 Å². The van der Waals surface area contributed by atoms with Crippen molar-refractivity contribution in [2.75, 3.05) is 7.11 Å². The molecule has 0 aliphatic carbocycles. The van der Waals surface area contributed by atoms with Crippen LogP contribution in [0.15, 0.2) is 60.4 Å². The van der Waals surface area contributed by atoms with Gasteiger partial charge in [0.2, 0.25) is 0 Å². The second kappa shape index (κ2) is 6.99. The maximum atomic E-state index is 5.29. The van der Waals surface area contributed by atoms with Gasteiger partial charge in [-0.15, -0.1) is 11.3 Å². The monoisotopic (exact) mass is 425 g/mol. The number of rotatable bonds is 4. The van der Waals surface area contributed by atoms with E-state index in [1.807, 2.05) is 41.8 Å². The summed E-state index contributed by atoms with van der Waals surface area (Å²) >= 11 is 1.64. The minimum atomic E-state index is 0.639. The zero-order valence-electron chi connectivity index (χ0n) is 16.3. The van der Waals surface area contributed by atoms with Gasteiger partial charge in [-0.2, -0.15) is 5.10 Å². The Hall–Kier alpha value is -4.11. The van der Waals surface area contributed by atoms with E-state index in [2.05, 4.69) is 25.1 Å². The molecule has 6 aromatic heterocycles. The topological polar surface area (TPSA) is 105 Å². The lowest BCUT2D eigenvalue weighted by molar-refractivity contribution is 0.413. The predicted octanol–water partition coefficient (Wildman–Crippen LogP) is 4.70. The lowest BCUT2D eigenvalue weighted by Gasteiger charge is -2.03. The van der Waals surface area contributed by atoms with Crippen molar-refractivity contribution in [1.29, 1.82) is 0 Å². The summed E-state index contributed by atoms with van der Waals surface area (Å²) in [6.45, 7) is 0. The Morgan fingerprint density at radius 3 is 2.77 bits per heavy atom. The first-order valence-corrected chi connectivity index (χ1v) is 10.4. The molecule has 0 bridgehead atoms. The summed E-state index contributed by atoms with van der Waals surface area (Å²) < 4.78 is 5.29. The zero-order valence-corrected chi connectivity index (χ0v) is 17.1. The van der Waals surface area contributed by atoms with Crippen molar-refractivity contribution in [2.45, 2.75) is 0 Å². The van der Waals surface area contributed by atoms with Gasteiger partial charge >= 0.3 is 0 Å². The van der Waals surface area contributed by atoms with E-state index in [4.69, 9.17) is 14.7 Å². The van der Waals surface area contributed by atoms with Crippen LogP contribution in [0.4, 0.5) is 0 Å². The van der Waals surface area contributed by atoms with E-state index in [9.17, 15) is 0 Å². The standard InChI is InChI=1S/C22H15N7OS/c1-30-13-9-12(10-23-11-13)14-4-5-16-19(25-14)21(29-28-16)22-26-15-6-7-24-20(18(15)27-22)17-3-2-8-31-17/h2-11H,1H3,(H,26,27)(H,28,29). The second-order valence-corrected chi connectivity index (χ2v) is 7.84. The van der Waals surface area contributed by atoms with E-state index in [0.29, 0.717) is 17.3 Å². The lowest BCUT2D eigenvalue weighted by atomic mass is 10.1. The number of hydrogen-bond acceptors (Lipinski definition) is 7. The highest BCUT2D eigenvalue weighted by molar-refractivity contribution is 7.13. The van der Waals surface area contributed by atoms with E-state index in [-0.39, 0.29) is 0 Å². The fourth-order valence-corrected chi connectivity index (χ4v) is 4.26. The fraction of sp³-hybridized carbons (Fsp3) is 0.0455. The number of nitrogens with one attached hydrogen (secondary N) is 2. The molecule has 6 heterocycles. The summed E-state index contributed by atoms with van der Waals surface area (Å²) in [6, 6.07) is 11.8. The molecular formula is C22H15N7OS. The number of ether oxygens (including phenoxy) is 1. The number of aromatic amines is 2. The Morgan fingerprint density at radius 2 is 1.90 bits per heavy atom. The quantitative estimate of drug-likeness (QED) is 0.424. The van der Waals surface area contributed by atoms with E-state index in [1.165, 1.54) is 0 Å². The average molecular weight is 425 g/mol. The molecule has 0 unspecified atom stereocenters. The molecule has 0 fully saturated rings. The van der Waals surface area contributed by atoms with Gasteiger partial charge in [0.15, 0.2) is 11.5 Å². The van der Waals surface area contributed by atoms with Gasteiger partial charge in [-0.25, -0.2) is 9.97 Å². The Morgan fingerprint density at radius 1 is 0.968 bits per heavy atom. The van der Waals surface area contributed by atoms with Gasteiger partial charge in [-0.1, -0.05) is 6.07 Å². The van der Waals surface area contributed by atoms with E-state index >= 15 is 0 Å². The third kappa shape index (κ3) is 2.94. The molecule has 2 N–H and O–H groups in total. The van der Waals surface area contributed by atoms with Gasteiger partial charge in [0.1, 0.15) is 22.5 Å². The molecule has 0 aliphatic rings. The molecular weight excluding hydrogens is 410 g/mol. The number of H-pyrrole nitrogens is 2. The molecule has 0 radical (unpaired) electrons. The number of thiophene rings is 1.